The third-order valence-electron chi connectivity index (χ3n) is 5.34. The van der Waals surface area contributed by atoms with E-state index >= 15 is 0 Å². The molecule has 0 aliphatic carbocycles. The van der Waals surface area contributed by atoms with Crippen molar-refractivity contribution in [2.45, 2.75) is 13.5 Å². The zero-order chi connectivity index (χ0) is 23.4. The zero-order valence-corrected chi connectivity index (χ0v) is 19.1. The molecule has 0 radical (unpaired) electrons. The minimum Gasteiger partial charge on any atom is -0.493 e. The second-order valence-electron chi connectivity index (χ2n) is 7.47. The van der Waals surface area contributed by atoms with Crippen LogP contribution < -0.4 is 15.2 Å². The first-order valence-corrected chi connectivity index (χ1v) is 10.7. The van der Waals surface area contributed by atoms with Gasteiger partial charge in [-0.1, -0.05) is 60.1 Å². The lowest BCUT2D eigenvalue weighted by molar-refractivity contribution is 0.284. The number of nitrogen functional groups attached to an aromatic ring is 1. The molecular formula is C27H22ClN3O2. The number of anilines is 1. The van der Waals surface area contributed by atoms with Crippen LogP contribution in [0.1, 0.15) is 16.8 Å². The molecule has 4 rings (SSSR count). The number of ether oxygens (including phenoxy) is 2. The van der Waals surface area contributed by atoms with E-state index in [-0.39, 0.29) is 5.82 Å². The van der Waals surface area contributed by atoms with Crippen molar-refractivity contribution in [3.63, 3.8) is 0 Å². The van der Waals surface area contributed by atoms with Crippen LogP contribution in [0.3, 0.4) is 0 Å². The minimum absolute atomic E-state index is 0.201. The van der Waals surface area contributed by atoms with E-state index in [2.05, 4.69) is 11.1 Å². The molecule has 0 saturated heterocycles. The van der Waals surface area contributed by atoms with Gasteiger partial charge in [-0.25, -0.2) is 4.98 Å². The van der Waals surface area contributed by atoms with Gasteiger partial charge >= 0.3 is 0 Å². The summed E-state index contributed by atoms with van der Waals surface area (Å²) in [6, 6.07) is 25.2. The highest BCUT2D eigenvalue weighted by atomic mass is 35.5. The van der Waals surface area contributed by atoms with Crippen molar-refractivity contribution < 1.29 is 9.47 Å². The van der Waals surface area contributed by atoms with E-state index in [1.54, 1.807) is 7.11 Å². The topological polar surface area (TPSA) is 81.2 Å². The van der Waals surface area contributed by atoms with Gasteiger partial charge in [-0.05, 0) is 47.9 Å². The molecular weight excluding hydrogens is 434 g/mol. The summed E-state index contributed by atoms with van der Waals surface area (Å²) >= 11 is 5.96. The summed E-state index contributed by atoms with van der Waals surface area (Å²) in [6.45, 7) is 2.26. The second-order valence-corrected chi connectivity index (χ2v) is 7.90. The SMILES string of the molecule is COc1cc(-c2c(C#N)c(N)nc(C)c2-c2ccccc2)ccc1OCc1ccc(Cl)cc1. The number of nitriles is 1. The Morgan fingerprint density at radius 3 is 2.33 bits per heavy atom. The molecule has 2 N–H and O–H groups in total. The third-order valence-corrected chi connectivity index (χ3v) is 5.59. The average molecular weight is 456 g/mol. The molecule has 0 bridgehead atoms. The normalized spacial score (nSPS) is 10.5. The molecule has 0 fully saturated rings. The monoisotopic (exact) mass is 455 g/mol. The van der Waals surface area contributed by atoms with E-state index in [0.29, 0.717) is 28.7 Å². The molecule has 1 aromatic heterocycles. The quantitative estimate of drug-likeness (QED) is 0.363. The number of rotatable bonds is 6. The van der Waals surface area contributed by atoms with Crippen molar-refractivity contribution in [3.05, 3.63) is 94.6 Å². The van der Waals surface area contributed by atoms with Crippen molar-refractivity contribution in [3.8, 4) is 39.8 Å². The molecule has 4 aromatic rings. The molecule has 5 nitrogen and oxygen atoms in total. The van der Waals surface area contributed by atoms with Gasteiger partial charge in [0, 0.05) is 21.8 Å². The number of methoxy groups -OCH3 is 1. The van der Waals surface area contributed by atoms with Gasteiger partial charge in [-0.2, -0.15) is 5.26 Å². The van der Waals surface area contributed by atoms with Gasteiger partial charge in [0.1, 0.15) is 24.1 Å². The van der Waals surface area contributed by atoms with E-state index in [9.17, 15) is 5.26 Å². The van der Waals surface area contributed by atoms with Crippen LogP contribution in [0, 0.1) is 18.3 Å². The standard InChI is InChI=1S/C27H22ClN3O2/c1-17-25(19-6-4-3-5-7-19)26(22(15-29)27(30)31-17)20-10-13-23(24(14-20)32-2)33-16-18-8-11-21(28)12-9-18/h3-14H,16H2,1-2H3,(H2,30,31). The molecule has 0 saturated carbocycles. The fourth-order valence-electron chi connectivity index (χ4n) is 3.77. The minimum atomic E-state index is 0.201. The Labute approximate surface area is 198 Å². The Morgan fingerprint density at radius 1 is 0.939 bits per heavy atom. The summed E-state index contributed by atoms with van der Waals surface area (Å²) < 4.78 is 11.6. The number of halogens is 1. The van der Waals surface area contributed by atoms with E-state index in [0.717, 1.165) is 33.5 Å². The molecule has 0 spiro atoms. The smallest absolute Gasteiger partial charge is 0.161 e. The van der Waals surface area contributed by atoms with Crippen molar-refractivity contribution in [2.75, 3.05) is 12.8 Å². The summed E-state index contributed by atoms with van der Waals surface area (Å²) in [5.74, 6) is 1.35. The number of aromatic nitrogens is 1. The Bertz CT molecular complexity index is 1330. The van der Waals surface area contributed by atoms with Gasteiger partial charge in [-0.15, -0.1) is 0 Å². The van der Waals surface area contributed by atoms with Gasteiger partial charge < -0.3 is 15.2 Å². The van der Waals surface area contributed by atoms with E-state index in [1.165, 1.54) is 0 Å². The molecule has 0 atom stereocenters. The Kier molecular flexibility index (Phi) is 6.48. The van der Waals surface area contributed by atoms with Crippen molar-refractivity contribution in [1.82, 2.24) is 4.98 Å². The largest absolute Gasteiger partial charge is 0.493 e. The number of nitrogens with zero attached hydrogens (tertiary/aromatic N) is 2. The molecule has 1 heterocycles. The fraction of sp³-hybridized carbons (Fsp3) is 0.111. The van der Waals surface area contributed by atoms with E-state index in [4.69, 9.17) is 26.8 Å². The average Bonchev–Trinajstić information content (AvgIpc) is 2.83. The number of pyridine rings is 1. The molecule has 0 aliphatic rings. The van der Waals surface area contributed by atoms with E-state index in [1.807, 2.05) is 79.7 Å². The molecule has 3 aromatic carbocycles. The number of hydrogen-bond donors (Lipinski definition) is 1. The highest BCUT2D eigenvalue weighted by molar-refractivity contribution is 6.30. The number of aryl methyl sites for hydroxylation is 1. The third kappa shape index (κ3) is 4.62. The molecule has 0 amide bonds. The van der Waals surface area contributed by atoms with Gasteiger partial charge in [-0.3, -0.25) is 0 Å². The summed E-state index contributed by atoms with van der Waals surface area (Å²) in [7, 11) is 1.59. The van der Waals surface area contributed by atoms with Crippen LogP contribution in [0.5, 0.6) is 11.5 Å². The van der Waals surface area contributed by atoms with E-state index < -0.39 is 0 Å². The Hall–Kier alpha value is -4.01. The molecule has 164 valence electrons. The van der Waals surface area contributed by atoms with Crippen LogP contribution in [0.25, 0.3) is 22.3 Å². The molecule has 0 unspecified atom stereocenters. The van der Waals surface area contributed by atoms with Crippen LogP contribution in [-0.4, -0.2) is 12.1 Å². The molecule has 0 aliphatic heterocycles. The first-order chi connectivity index (χ1) is 16.0. The Balaban J connectivity index is 1.79. The maximum absolute atomic E-state index is 9.90. The first-order valence-electron chi connectivity index (χ1n) is 10.3. The predicted octanol–water partition coefficient (Wildman–Crippen LogP) is 6.42. The molecule has 6 heteroatoms. The number of benzene rings is 3. The highest BCUT2D eigenvalue weighted by Gasteiger charge is 2.20. The molecule has 33 heavy (non-hydrogen) atoms. The summed E-state index contributed by atoms with van der Waals surface area (Å²) in [4.78, 5) is 4.43. The lowest BCUT2D eigenvalue weighted by Crippen LogP contribution is -2.04. The summed E-state index contributed by atoms with van der Waals surface area (Å²) in [5, 5.41) is 10.6. The van der Waals surface area contributed by atoms with Gasteiger partial charge in [0.2, 0.25) is 0 Å². The summed E-state index contributed by atoms with van der Waals surface area (Å²) in [5.41, 5.74) is 11.5. The van der Waals surface area contributed by atoms with Crippen LogP contribution in [0.2, 0.25) is 5.02 Å². The number of nitrogens with two attached hydrogens (primary N) is 1. The Morgan fingerprint density at radius 2 is 1.67 bits per heavy atom. The van der Waals surface area contributed by atoms with Crippen LogP contribution >= 0.6 is 11.6 Å². The maximum atomic E-state index is 9.90. The lowest BCUT2D eigenvalue weighted by atomic mass is 9.90. The van der Waals surface area contributed by atoms with Gasteiger partial charge in [0.25, 0.3) is 0 Å². The zero-order valence-electron chi connectivity index (χ0n) is 18.3. The van der Waals surface area contributed by atoms with Crippen LogP contribution in [0.15, 0.2) is 72.8 Å². The maximum Gasteiger partial charge on any atom is 0.161 e. The van der Waals surface area contributed by atoms with Crippen LogP contribution in [-0.2, 0) is 6.61 Å². The first kappa shape index (κ1) is 22.2. The van der Waals surface area contributed by atoms with Gasteiger partial charge in [0.05, 0.1) is 7.11 Å². The van der Waals surface area contributed by atoms with Crippen molar-refractivity contribution in [2.24, 2.45) is 0 Å². The summed E-state index contributed by atoms with van der Waals surface area (Å²) in [6.07, 6.45) is 0. The van der Waals surface area contributed by atoms with Crippen molar-refractivity contribution >= 4 is 17.4 Å². The number of hydrogen-bond acceptors (Lipinski definition) is 5. The van der Waals surface area contributed by atoms with Gasteiger partial charge in [0.15, 0.2) is 11.5 Å². The fourth-order valence-corrected chi connectivity index (χ4v) is 3.90. The van der Waals surface area contributed by atoms with Crippen LogP contribution in [0.4, 0.5) is 5.82 Å². The second kappa shape index (κ2) is 9.64. The van der Waals surface area contributed by atoms with Crippen molar-refractivity contribution in [1.29, 1.82) is 5.26 Å². The highest BCUT2D eigenvalue weighted by Crippen LogP contribution is 2.41. The lowest BCUT2D eigenvalue weighted by Gasteiger charge is -2.18. The predicted molar refractivity (Wildman–Crippen MR) is 131 cm³/mol.